The number of thiophene rings is 1. The second-order valence-electron chi connectivity index (χ2n) is 6.97. The Labute approximate surface area is 237 Å². The third-order valence-electron chi connectivity index (χ3n) is 4.24. The van der Waals surface area contributed by atoms with Crippen LogP contribution in [0.3, 0.4) is 0 Å². The van der Waals surface area contributed by atoms with Crippen molar-refractivity contribution in [3.05, 3.63) is 63.9 Å². The third kappa shape index (κ3) is 8.92. The first-order chi connectivity index (χ1) is 18.0. The fourth-order valence-corrected chi connectivity index (χ4v) is 9.87. The van der Waals surface area contributed by atoms with Crippen molar-refractivity contribution in [1.29, 1.82) is 5.41 Å². The Morgan fingerprint density at radius 1 is 1.13 bits per heavy atom. The Morgan fingerprint density at radius 2 is 1.72 bits per heavy atom. The van der Waals surface area contributed by atoms with Crippen molar-refractivity contribution >= 4 is 76.3 Å². The molecule has 11 nitrogen and oxygen atoms in total. The Morgan fingerprint density at radius 3 is 2.23 bits per heavy atom. The van der Waals surface area contributed by atoms with E-state index in [1.807, 2.05) is 4.89 Å². The molecule has 2 amide bonds. The molecule has 1 aromatic heterocycles. The number of hydrogen-bond acceptors (Lipinski definition) is 9. The molecular formula is C20H19BrF3N5O6S4. The van der Waals surface area contributed by atoms with E-state index < -0.39 is 32.1 Å². The van der Waals surface area contributed by atoms with Gasteiger partial charge in [-0.05, 0) is 48.7 Å². The summed E-state index contributed by atoms with van der Waals surface area (Å²) < 4.78 is 77.0. The molecule has 0 saturated carbocycles. The normalized spacial score (nSPS) is 13.0. The third-order valence-corrected chi connectivity index (χ3v) is 11.6. The molecular weight excluding hydrogens is 671 g/mol. The van der Waals surface area contributed by atoms with Gasteiger partial charge in [0.1, 0.15) is 15.6 Å². The first kappa shape index (κ1) is 32.5. The summed E-state index contributed by atoms with van der Waals surface area (Å²) in [4.78, 5) is 13.5. The van der Waals surface area contributed by atoms with Crippen molar-refractivity contribution in [1.82, 2.24) is 0 Å². The van der Waals surface area contributed by atoms with Crippen molar-refractivity contribution in [3.8, 4) is 0 Å². The van der Waals surface area contributed by atoms with Gasteiger partial charge >= 0.3 is 12.4 Å². The van der Waals surface area contributed by atoms with Gasteiger partial charge in [0.25, 0.3) is 10.0 Å². The fraction of sp³-hybridized carbons (Fsp3) is 0.100. The van der Waals surface area contributed by atoms with Crippen LogP contribution in [0.1, 0.15) is 4.88 Å². The Bertz CT molecular complexity index is 1610. The van der Waals surface area contributed by atoms with Crippen molar-refractivity contribution in [2.24, 2.45) is 15.2 Å². The number of thioether (sulfide) groups is 1. The molecule has 2 aromatic carbocycles. The highest BCUT2D eigenvalue weighted by molar-refractivity contribution is 9.10. The van der Waals surface area contributed by atoms with E-state index in [2.05, 4.69) is 25.0 Å². The summed E-state index contributed by atoms with van der Waals surface area (Å²) in [6.45, 7) is 0. The number of carbonyl (C=O) groups is 1. The summed E-state index contributed by atoms with van der Waals surface area (Å²) in [5.74, 6) is -0.231. The van der Waals surface area contributed by atoms with Gasteiger partial charge in [-0.1, -0.05) is 31.8 Å². The molecule has 0 fully saturated rings. The molecule has 0 radical (unpaired) electrons. The van der Waals surface area contributed by atoms with Crippen LogP contribution in [0.2, 0.25) is 0 Å². The van der Waals surface area contributed by atoms with Crippen LogP contribution in [-0.2, 0) is 24.6 Å². The number of nitrogen functional groups attached to an aromatic ring is 1. The molecule has 0 aliphatic carbocycles. The topological polar surface area (TPSA) is 198 Å². The number of amides is 2. The zero-order valence-electron chi connectivity index (χ0n) is 19.4. The minimum Gasteiger partial charge on any atom is -0.383 e. The summed E-state index contributed by atoms with van der Waals surface area (Å²) in [6.07, 6.45) is -3.16. The second-order valence-corrected chi connectivity index (χ2v) is 14.0. The summed E-state index contributed by atoms with van der Waals surface area (Å²) in [5.41, 5.74) is 10.9. The van der Waals surface area contributed by atoms with Gasteiger partial charge < -0.3 is 16.8 Å². The minimum absolute atomic E-state index is 0.145. The fourth-order valence-electron chi connectivity index (χ4n) is 2.73. The zero-order valence-corrected chi connectivity index (χ0v) is 24.3. The number of nitrogens with one attached hydrogen (secondary N) is 2. The maximum atomic E-state index is 14.4. The van der Waals surface area contributed by atoms with Crippen LogP contribution >= 0.6 is 39.0 Å². The number of amidine groups is 1. The Hall–Kier alpha value is -2.68. The van der Waals surface area contributed by atoms with E-state index in [1.54, 1.807) is 18.4 Å². The average Bonchev–Trinajstić information content (AvgIpc) is 3.29. The summed E-state index contributed by atoms with van der Waals surface area (Å²) >= 11 is 5.70. The number of benzene rings is 2. The van der Waals surface area contributed by atoms with E-state index >= 15 is 0 Å². The molecule has 0 saturated heterocycles. The van der Waals surface area contributed by atoms with Crippen LogP contribution in [0.15, 0.2) is 81.7 Å². The molecule has 1 heterocycles. The second kappa shape index (κ2) is 13.1. The monoisotopic (exact) mass is 689 g/mol. The van der Waals surface area contributed by atoms with Gasteiger partial charge in [0.2, 0.25) is 0 Å². The molecule has 7 N–H and O–H groups in total. The Kier molecular flexibility index (Phi) is 10.9. The highest BCUT2D eigenvalue weighted by Gasteiger charge is 2.29. The largest absolute Gasteiger partial charge is 0.549 e. The predicted molar refractivity (Wildman–Crippen MR) is 145 cm³/mol. The number of rotatable bonds is 7. The van der Waals surface area contributed by atoms with Gasteiger partial charge in [-0.3, -0.25) is 5.41 Å². The lowest BCUT2D eigenvalue weighted by atomic mass is 10.3. The predicted octanol–water partition coefficient (Wildman–Crippen LogP) is 5.28. The number of nitrogens with zero attached hydrogens (tertiary/aromatic N) is 1. The summed E-state index contributed by atoms with van der Waals surface area (Å²) in [6, 6.07) is 12.3. The number of primary amides is 1. The summed E-state index contributed by atoms with van der Waals surface area (Å²) in [5, 5.41) is 16.8. The van der Waals surface area contributed by atoms with E-state index in [-0.39, 0.29) is 26.2 Å². The maximum Gasteiger partial charge on any atom is 0.549 e. The zero-order chi connectivity index (χ0) is 29.6. The number of carbonyl (C=O) groups excluding carboxylic acids is 1. The van der Waals surface area contributed by atoms with Gasteiger partial charge in [0.15, 0.2) is 0 Å². The first-order valence-corrected chi connectivity index (χ1v) is 15.7. The number of sulfonamides is 1. The molecule has 1 unspecified atom stereocenters. The molecule has 0 spiro atoms. The van der Waals surface area contributed by atoms with Crippen LogP contribution in [0.4, 0.5) is 23.7 Å². The van der Waals surface area contributed by atoms with Crippen LogP contribution in [-0.4, -0.2) is 42.4 Å². The standard InChI is InChI=1S/C19H18BrN5O4S4.CHF3O2/c1-30-18-16(10-15(31-18)17(21)22)32(27,13-6-2-4-11(20)8-13)25-33(28,29)14-7-3-5-12(9-14)24-19(23)26;2-1(3,4)6-5/h2-10H,1H3,(H3,21,22)(H3,23,24,26);5H. The molecule has 3 rings (SSSR count). The lowest BCUT2D eigenvalue weighted by Crippen LogP contribution is -2.19. The maximum absolute atomic E-state index is 14.4. The van der Waals surface area contributed by atoms with Crippen LogP contribution in [0, 0.1) is 5.41 Å². The number of hydrogen-bond donors (Lipinski definition) is 5. The number of urea groups is 1. The van der Waals surface area contributed by atoms with Crippen LogP contribution < -0.4 is 16.8 Å². The van der Waals surface area contributed by atoms with Gasteiger partial charge in [-0.15, -0.1) is 41.2 Å². The lowest BCUT2D eigenvalue weighted by molar-refractivity contribution is -0.464. The molecule has 39 heavy (non-hydrogen) atoms. The van der Waals surface area contributed by atoms with E-state index in [4.69, 9.17) is 22.1 Å². The minimum atomic E-state index is -4.90. The number of nitrogens with two attached hydrogens (primary N) is 2. The molecule has 212 valence electrons. The van der Waals surface area contributed by atoms with Gasteiger partial charge in [-0.2, -0.15) is 8.42 Å². The molecule has 0 aliphatic heterocycles. The highest BCUT2D eigenvalue weighted by Crippen LogP contribution is 2.39. The number of halogens is 4. The van der Waals surface area contributed by atoms with Crippen molar-refractivity contribution in [2.45, 2.75) is 25.3 Å². The van der Waals surface area contributed by atoms with Crippen molar-refractivity contribution in [2.75, 3.05) is 11.6 Å². The molecule has 3 aromatic rings. The SMILES string of the molecule is CSc1sc(C(=N)N)cc1S(=O)(=NS(=O)(=O)c1cccc(NC(N)=O)c1)c1cccc(Br)c1.OOC(F)(F)F. The van der Waals surface area contributed by atoms with Gasteiger partial charge in [0.05, 0.1) is 23.8 Å². The summed E-state index contributed by atoms with van der Waals surface area (Å²) in [7, 11) is -8.20. The van der Waals surface area contributed by atoms with Gasteiger partial charge in [0, 0.05) is 10.2 Å². The van der Waals surface area contributed by atoms with E-state index in [9.17, 15) is 30.6 Å². The molecule has 19 heteroatoms. The number of anilines is 1. The highest BCUT2D eigenvalue weighted by atomic mass is 79.9. The van der Waals surface area contributed by atoms with E-state index in [0.717, 1.165) is 11.3 Å². The first-order valence-electron chi connectivity index (χ1n) is 9.89. The van der Waals surface area contributed by atoms with Crippen molar-refractivity contribution in [3.63, 3.8) is 0 Å². The molecule has 0 bridgehead atoms. The average molecular weight is 691 g/mol. The Balaban J connectivity index is 0.000000798. The number of alkyl halides is 3. The van der Waals surface area contributed by atoms with Crippen LogP contribution in [0.25, 0.3) is 0 Å². The van der Waals surface area contributed by atoms with Gasteiger partial charge in [-0.25, -0.2) is 14.3 Å². The van der Waals surface area contributed by atoms with Crippen molar-refractivity contribution < 1.29 is 40.7 Å². The van der Waals surface area contributed by atoms with E-state index in [0.29, 0.717) is 13.6 Å². The smallest absolute Gasteiger partial charge is 0.383 e. The van der Waals surface area contributed by atoms with Crippen LogP contribution in [0.5, 0.6) is 0 Å². The molecule has 0 aliphatic rings. The quantitative estimate of drug-likeness (QED) is 0.0725. The lowest BCUT2D eigenvalue weighted by Gasteiger charge is -2.12. The van der Waals surface area contributed by atoms with E-state index in [1.165, 1.54) is 54.2 Å². The molecule has 1 atom stereocenters.